The van der Waals surface area contributed by atoms with Crippen molar-refractivity contribution in [2.75, 3.05) is 13.1 Å². The Labute approximate surface area is 156 Å². The summed E-state index contributed by atoms with van der Waals surface area (Å²) in [4.78, 5) is 7.07. The molecule has 0 atom stereocenters. The number of imidazole rings is 1. The number of aryl methyl sites for hydroxylation is 1. The highest BCUT2D eigenvalue weighted by Gasteiger charge is 2.29. The minimum atomic E-state index is 0.555. The van der Waals surface area contributed by atoms with Crippen LogP contribution in [0.15, 0.2) is 12.4 Å². The van der Waals surface area contributed by atoms with Gasteiger partial charge in [-0.05, 0) is 52.6 Å². The number of hydrogen-bond donors (Lipinski definition) is 0. The molecule has 6 nitrogen and oxygen atoms in total. The fraction of sp³-hybridized carbons (Fsp3) is 0.750. The molecule has 0 spiro atoms. The molecule has 1 saturated carbocycles. The van der Waals surface area contributed by atoms with Crippen molar-refractivity contribution in [3.63, 3.8) is 0 Å². The Bertz CT molecular complexity index is 704. The van der Waals surface area contributed by atoms with Crippen molar-refractivity contribution in [1.82, 2.24) is 29.2 Å². The second-order valence-electron chi connectivity index (χ2n) is 7.92. The minimum absolute atomic E-state index is 0.555. The van der Waals surface area contributed by atoms with Crippen LogP contribution < -0.4 is 0 Å². The average Bonchev–Trinajstić information content (AvgIpc) is 3.29. The summed E-state index contributed by atoms with van der Waals surface area (Å²) in [7, 11) is 0. The zero-order valence-corrected chi connectivity index (χ0v) is 16.3. The van der Waals surface area contributed by atoms with Crippen LogP contribution in [-0.4, -0.2) is 48.3 Å². The standard InChI is InChI=1S/C20H32N6/c1-3-26-19(15-25-14-11-21-16(25)2)22-23-20(26)17-9-12-24(13-10-17)18-7-5-4-6-8-18/h11,14,17-18H,3-10,12-13,15H2,1-2H3. The lowest BCUT2D eigenvalue weighted by atomic mass is 9.90. The van der Waals surface area contributed by atoms with Gasteiger partial charge in [0, 0.05) is 30.9 Å². The normalized spacial score (nSPS) is 20.7. The van der Waals surface area contributed by atoms with Crippen LogP contribution in [0, 0.1) is 6.92 Å². The summed E-state index contributed by atoms with van der Waals surface area (Å²) in [6, 6.07) is 0.841. The maximum absolute atomic E-state index is 4.62. The summed E-state index contributed by atoms with van der Waals surface area (Å²) in [6.07, 6.45) is 13.4. The number of nitrogens with zero attached hydrogens (tertiary/aromatic N) is 6. The lowest BCUT2D eigenvalue weighted by Gasteiger charge is -2.39. The molecule has 2 aromatic rings. The van der Waals surface area contributed by atoms with Gasteiger partial charge in [0.1, 0.15) is 11.6 Å². The van der Waals surface area contributed by atoms with Gasteiger partial charge in [0.2, 0.25) is 0 Å². The summed E-state index contributed by atoms with van der Waals surface area (Å²) in [5.74, 6) is 3.83. The zero-order valence-electron chi connectivity index (χ0n) is 16.3. The van der Waals surface area contributed by atoms with E-state index in [0.717, 1.165) is 30.8 Å². The number of piperidine rings is 1. The maximum Gasteiger partial charge on any atom is 0.153 e. The molecule has 1 aliphatic heterocycles. The van der Waals surface area contributed by atoms with Crippen molar-refractivity contribution in [2.24, 2.45) is 0 Å². The van der Waals surface area contributed by atoms with Gasteiger partial charge in [0.15, 0.2) is 5.82 Å². The molecular formula is C20H32N6. The Balaban J connectivity index is 1.42. The molecule has 0 N–H and O–H groups in total. The van der Waals surface area contributed by atoms with Crippen LogP contribution >= 0.6 is 0 Å². The fourth-order valence-electron chi connectivity index (χ4n) is 4.80. The molecule has 1 aliphatic carbocycles. The number of aromatic nitrogens is 5. The fourth-order valence-corrected chi connectivity index (χ4v) is 4.80. The van der Waals surface area contributed by atoms with E-state index in [0.29, 0.717) is 5.92 Å². The van der Waals surface area contributed by atoms with Gasteiger partial charge in [-0.15, -0.1) is 10.2 Å². The van der Waals surface area contributed by atoms with Gasteiger partial charge >= 0.3 is 0 Å². The van der Waals surface area contributed by atoms with Gasteiger partial charge in [-0.2, -0.15) is 0 Å². The van der Waals surface area contributed by atoms with Crippen molar-refractivity contribution in [2.45, 2.75) is 83.8 Å². The van der Waals surface area contributed by atoms with Gasteiger partial charge in [0.05, 0.1) is 6.54 Å². The Morgan fingerprint density at radius 3 is 2.46 bits per heavy atom. The maximum atomic E-state index is 4.62. The van der Waals surface area contributed by atoms with Crippen molar-refractivity contribution in [3.8, 4) is 0 Å². The highest BCUT2D eigenvalue weighted by atomic mass is 15.3. The molecule has 0 bridgehead atoms. The monoisotopic (exact) mass is 356 g/mol. The quantitative estimate of drug-likeness (QED) is 0.824. The van der Waals surface area contributed by atoms with E-state index in [1.165, 1.54) is 63.9 Å². The summed E-state index contributed by atoms with van der Waals surface area (Å²) in [5, 5.41) is 9.16. The van der Waals surface area contributed by atoms with Crippen LogP contribution in [0.1, 0.15) is 75.3 Å². The first kappa shape index (κ1) is 17.7. The molecule has 0 radical (unpaired) electrons. The van der Waals surface area contributed by atoms with E-state index in [4.69, 9.17) is 0 Å². The van der Waals surface area contributed by atoms with Crippen LogP contribution in [0.5, 0.6) is 0 Å². The van der Waals surface area contributed by atoms with E-state index >= 15 is 0 Å². The minimum Gasteiger partial charge on any atom is -0.328 e. The molecule has 4 rings (SSSR count). The molecular weight excluding hydrogens is 324 g/mol. The second kappa shape index (κ2) is 7.91. The number of likely N-dealkylation sites (tertiary alicyclic amines) is 1. The molecule has 0 unspecified atom stereocenters. The second-order valence-corrected chi connectivity index (χ2v) is 7.92. The topological polar surface area (TPSA) is 51.8 Å². The Morgan fingerprint density at radius 2 is 1.81 bits per heavy atom. The smallest absolute Gasteiger partial charge is 0.153 e. The molecule has 1 saturated heterocycles. The lowest BCUT2D eigenvalue weighted by molar-refractivity contribution is 0.120. The molecule has 2 aliphatic rings. The molecule has 2 fully saturated rings. The van der Waals surface area contributed by atoms with E-state index in [2.05, 4.69) is 36.1 Å². The van der Waals surface area contributed by atoms with Gasteiger partial charge in [0.25, 0.3) is 0 Å². The Morgan fingerprint density at radius 1 is 1.04 bits per heavy atom. The van der Waals surface area contributed by atoms with Crippen molar-refractivity contribution in [1.29, 1.82) is 0 Å². The Hall–Kier alpha value is -1.69. The van der Waals surface area contributed by atoms with Gasteiger partial charge in [-0.25, -0.2) is 4.98 Å². The highest BCUT2D eigenvalue weighted by Crippen LogP contribution is 2.31. The van der Waals surface area contributed by atoms with Crippen LogP contribution in [0.4, 0.5) is 0 Å². The van der Waals surface area contributed by atoms with E-state index in [1.807, 2.05) is 19.3 Å². The van der Waals surface area contributed by atoms with E-state index in [1.54, 1.807) is 0 Å². The third-order valence-electron chi connectivity index (χ3n) is 6.39. The van der Waals surface area contributed by atoms with E-state index in [9.17, 15) is 0 Å². The van der Waals surface area contributed by atoms with Gasteiger partial charge < -0.3 is 14.0 Å². The van der Waals surface area contributed by atoms with Crippen LogP contribution in [0.3, 0.4) is 0 Å². The lowest BCUT2D eigenvalue weighted by Crippen LogP contribution is -2.42. The third kappa shape index (κ3) is 3.56. The summed E-state index contributed by atoms with van der Waals surface area (Å²) >= 11 is 0. The van der Waals surface area contributed by atoms with Gasteiger partial charge in [-0.3, -0.25) is 0 Å². The molecule has 2 aromatic heterocycles. The first-order chi connectivity index (χ1) is 12.8. The molecule has 26 heavy (non-hydrogen) atoms. The SMILES string of the molecule is CCn1c(Cn2ccnc2C)nnc1C1CCN(C2CCCCC2)CC1. The number of hydrogen-bond acceptors (Lipinski definition) is 4. The number of rotatable bonds is 5. The van der Waals surface area contributed by atoms with Gasteiger partial charge in [-0.1, -0.05) is 19.3 Å². The zero-order chi connectivity index (χ0) is 17.9. The largest absolute Gasteiger partial charge is 0.328 e. The molecule has 3 heterocycles. The first-order valence-corrected chi connectivity index (χ1v) is 10.4. The predicted octanol–water partition coefficient (Wildman–Crippen LogP) is 3.36. The third-order valence-corrected chi connectivity index (χ3v) is 6.39. The predicted molar refractivity (Wildman–Crippen MR) is 102 cm³/mol. The van der Waals surface area contributed by atoms with Crippen molar-refractivity contribution >= 4 is 0 Å². The first-order valence-electron chi connectivity index (χ1n) is 10.4. The van der Waals surface area contributed by atoms with Crippen LogP contribution in [0.2, 0.25) is 0 Å². The van der Waals surface area contributed by atoms with Crippen LogP contribution in [0.25, 0.3) is 0 Å². The molecule has 6 heteroatoms. The summed E-state index contributed by atoms with van der Waals surface area (Å²) in [5.41, 5.74) is 0. The molecule has 142 valence electrons. The molecule has 0 amide bonds. The van der Waals surface area contributed by atoms with Crippen LogP contribution in [-0.2, 0) is 13.1 Å². The van der Waals surface area contributed by atoms with E-state index < -0.39 is 0 Å². The highest BCUT2D eigenvalue weighted by molar-refractivity contribution is 5.06. The molecule has 0 aromatic carbocycles. The van der Waals surface area contributed by atoms with Crippen molar-refractivity contribution < 1.29 is 0 Å². The summed E-state index contributed by atoms with van der Waals surface area (Å²) in [6.45, 7) is 8.38. The van der Waals surface area contributed by atoms with Crippen molar-refractivity contribution in [3.05, 3.63) is 29.9 Å². The summed E-state index contributed by atoms with van der Waals surface area (Å²) < 4.78 is 4.48. The average molecular weight is 357 g/mol. The Kier molecular flexibility index (Phi) is 5.38. The van der Waals surface area contributed by atoms with E-state index in [-0.39, 0.29) is 0 Å².